The fourth-order valence-corrected chi connectivity index (χ4v) is 3.13. The maximum Gasteiger partial charge on any atom is 0.124 e. The van der Waals surface area contributed by atoms with Gasteiger partial charge in [-0.3, -0.25) is 4.90 Å². The summed E-state index contributed by atoms with van der Waals surface area (Å²) in [7, 11) is 0. The van der Waals surface area contributed by atoms with E-state index in [9.17, 15) is 0 Å². The first kappa shape index (κ1) is 13.6. The standard InChI is InChI=1S/C17H25N3/c1-14(2)12-20-16-9-5-4-8-15(16)18-17(20)13-19-10-6-3-7-11-19/h4-5,8-9,14H,3,6-7,10-13H2,1-2H3. The van der Waals surface area contributed by atoms with Crippen LogP contribution in [0.15, 0.2) is 24.3 Å². The summed E-state index contributed by atoms with van der Waals surface area (Å²) in [6.45, 7) is 9.07. The van der Waals surface area contributed by atoms with Crippen LogP contribution in [0, 0.1) is 5.92 Å². The Morgan fingerprint density at radius 1 is 1.10 bits per heavy atom. The Hall–Kier alpha value is -1.35. The molecule has 0 N–H and O–H groups in total. The molecule has 1 aromatic carbocycles. The van der Waals surface area contributed by atoms with Gasteiger partial charge in [-0.05, 0) is 44.0 Å². The van der Waals surface area contributed by atoms with Crippen molar-refractivity contribution in [3.05, 3.63) is 30.1 Å². The Morgan fingerprint density at radius 2 is 1.85 bits per heavy atom. The smallest absolute Gasteiger partial charge is 0.124 e. The maximum atomic E-state index is 4.88. The molecule has 0 radical (unpaired) electrons. The Balaban J connectivity index is 1.91. The molecule has 1 aromatic heterocycles. The van der Waals surface area contributed by atoms with Crippen molar-refractivity contribution in [2.75, 3.05) is 13.1 Å². The number of imidazole rings is 1. The van der Waals surface area contributed by atoms with Gasteiger partial charge >= 0.3 is 0 Å². The quantitative estimate of drug-likeness (QED) is 0.846. The van der Waals surface area contributed by atoms with Crippen LogP contribution in [0.1, 0.15) is 38.9 Å². The summed E-state index contributed by atoms with van der Waals surface area (Å²) in [6.07, 6.45) is 4.06. The van der Waals surface area contributed by atoms with Crippen molar-refractivity contribution in [3.63, 3.8) is 0 Å². The maximum absolute atomic E-state index is 4.88. The molecule has 3 nitrogen and oxygen atoms in total. The lowest BCUT2D eigenvalue weighted by Crippen LogP contribution is -2.30. The van der Waals surface area contributed by atoms with E-state index in [2.05, 4.69) is 47.6 Å². The zero-order valence-corrected chi connectivity index (χ0v) is 12.7. The van der Waals surface area contributed by atoms with E-state index in [-0.39, 0.29) is 0 Å². The molecule has 1 aliphatic rings. The molecular weight excluding hydrogens is 246 g/mol. The van der Waals surface area contributed by atoms with Crippen LogP contribution in [0.5, 0.6) is 0 Å². The molecule has 0 aliphatic carbocycles. The Bertz CT molecular complexity index is 565. The second kappa shape index (κ2) is 5.96. The lowest BCUT2D eigenvalue weighted by atomic mass is 10.1. The van der Waals surface area contributed by atoms with Crippen LogP contribution in [-0.2, 0) is 13.1 Å². The van der Waals surface area contributed by atoms with Crippen molar-refractivity contribution in [2.45, 2.75) is 46.2 Å². The zero-order chi connectivity index (χ0) is 13.9. The number of likely N-dealkylation sites (tertiary alicyclic amines) is 1. The van der Waals surface area contributed by atoms with E-state index in [0.29, 0.717) is 5.92 Å². The zero-order valence-electron chi connectivity index (χ0n) is 12.7. The molecule has 2 heterocycles. The second-order valence-electron chi connectivity index (χ2n) is 6.36. The van der Waals surface area contributed by atoms with Crippen LogP contribution in [-0.4, -0.2) is 27.5 Å². The van der Waals surface area contributed by atoms with Gasteiger partial charge in [0.05, 0.1) is 17.6 Å². The number of hydrogen-bond donors (Lipinski definition) is 0. The van der Waals surface area contributed by atoms with Crippen molar-refractivity contribution >= 4 is 11.0 Å². The van der Waals surface area contributed by atoms with Gasteiger partial charge in [0, 0.05) is 6.54 Å². The molecule has 0 saturated carbocycles. The molecule has 0 amide bonds. The first-order chi connectivity index (χ1) is 9.74. The van der Waals surface area contributed by atoms with Gasteiger partial charge in [0.2, 0.25) is 0 Å². The number of hydrogen-bond acceptors (Lipinski definition) is 2. The predicted octanol–water partition coefficient (Wildman–Crippen LogP) is 3.68. The molecule has 1 aliphatic heterocycles. The van der Waals surface area contributed by atoms with Gasteiger partial charge < -0.3 is 4.57 Å². The third-order valence-electron chi connectivity index (χ3n) is 4.10. The molecule has 108 valence electrons. The molecule has 1 saturated heterocycles. The summed E-state index contributed by atoms with van der Waals surface area (Å²) < 4.78 is 2.43. The average Bonchev–Trinajstić information content (AvgIpc) is 2.78. The van der Waals surface area contributed by atoms with E-state index in [4.69, 9.17) is 4.98 Å². The molecule has 0 bridgehead atoms. The molecule has 2 aromatic rings. The second-order valence-corrected chi connectivity index (χ2v) is 6.36. The van der Waals surface area contributed by atoms with Crippen molar-refractivity contribution < 1.29 is 0 Å². The van der Waals surface area contributed by atoms with Gasteiger partial charge in [-0.15, -0.1) is 0 Å². The molecular formula is C17H25N3. The van der Waals surface area contributed by atoms with Crippen LogP contribution in [0.4, 0.5) is 0 Å². The average molecular weight is 271 g/mol. The van der Waals surface area contributed by atoms with Crippen LogP contribution < -0.4 is 0 Å². The van der Waals surface area contributed by atoms with Crippen LogP contribution >= 0.6 is 0 Å². The third-order valence-corrected chi connectivity index (χ3v) is 4.10. The highest BCUT2D eigenvalue weighted by atomic mass is 15.2. The minimum atomic E-state index is 0.646. The van der Waals surface area contributed by atoms with Gasteiger partial charge in [0.1, 0.15) is 5.82 Å². The number of benzene rings is 1. The van der Waals surface area contributed by atoms with Gasteiger partial charge in [0.25, 0.3) is 0 Å². The Labute approximate surface area is 121 Å². The highest BCUT2D eigenvalue weighted by molar-refractivity contribution is 5.75. The SMILES string of the molecule is CC(C)Cn1c(CN2CCCCC2)nc2ccccc21. The molecule has 0 spiro atoms. The van der Waals surface area contributed by atoms with Crippen LogP contribution in [0.3, 0.4) is 0 Å². The normalized spacial score (nSPS) is 17.1. The lowest BCUT2D eigenvalue weighted by Gasteiger charge is -2.26. The fourth-order valence-electron chi connectivity index (χ4n) is 3.13. The highest BCUT2D eigenvalue weighted by Crippen LogP contribution is 2.20. The van der Waals surface area contributed by atoms with Crippen LogP contribution in [0.25, 0.3) is 11.0 Å². The van der Waals surface area contributed by atoms with E-state index in [1.807, 2.05) is 0 Å². The summed E-state index contributed by atoms with van der Waals surface area (Å²) in [5, 5.41) is 0. The van der Waals surface area contributed by atoms with Crippen molar-refractivity contribution in [1.29, 1.82) is 0 Å². The highest BCUT2D eigenvalue weighted by Gasteiger charge is 2.16. The van der Waals surface area contributed by atoms with Crippen molar-refractivity contribution in [2.24, 2.45) is 5.92 Å². The first-order valence-corrected chi connectivity index (χ1v) is 7.90. The first-order valence-electron chi connectivity index (χ1n) is 7.90. The number of para-hydroxylation sites is 2. The summed E-state index contributed by atoms with van der Waals surface area (Å²) >= 11 is 0. The number of rotatable bonds is 4. The number of fused-ring (bicyclic) bond motifs is 1. The number of nitrogens with zero attached hydrogens (tertiary/aromatic N) is 3. The molecule has 3 heteroatoms. The summed E-state index contributed by atoms with van der Waals surface area (Å²) in [6, 6.07) is 8.53. The van der Waals surface area contributed by atoms with E-state index in [1.54, 1.807) is 0 Å². The predicted molar refractivity (Wildman–Crippen MR) is 83.7 cm³/mol. The van der Waals surface area contributed by atoms with Gasteiger partial charge in [-0.25, -0.2) is 4.98 Å². The Kier molecular flexibility index (Phi) is 4.06. The van der Waals surface area contributed by atoms with Crippen molar-refractivity contribution in [3.8, 4) is 0 Å². The summed E-state index contributed by atoms with van der Waals surface area (Å²) in [5.74, 6) is 1.88. The largest absolute Gasteiger partial charge is 0.327 e. The fraction of sp³-hybridized carbons (Fsp3) is 0.588. The molecule has 0 unspecified atom stereocenters. The van der Waals surface area contributed by atoms with E-state index < -0.39 is 0 Å². The number of aromatic nitrogens is 2. The molecule has 3 rings (SSSR count). The molecule has 20 heavy (non-hydrogen) atoms. The monoisotopic (exact) mass is 271 g/mol. The lowest BCUT2D eigenvalue weighted by molar-refractivity contribution is 0.213. The Morgan fingerprint density at radius 3 is 2.60 bits per heavy atom. The molecule has 0 atom stereocenters. The van der Waals surface area contributed by atoms with Crippen molar-refractivity contribution in [1.82, 2.24) is 14.5 Å². The topological polar surface area (TPSA) is 21.1 Å². The minimum Gasteiger partial charge on any atom is -0.327 e. The summed E-state index contributed by atoms with van der Waals surface area (Å²) in [5.41, 5.74) is 2.42. The molecule has 1 fully saturated rings. The third kappa shape index (κ3) is 2.88. The van der Waals surface area contributed by atoms with Crippen LogP contribution in [0.2, 0.25) is 0 Å². The van der Waals surface area contributed by atoms with E-state index >= 15 is 0 Å². The van der Waals surface area contributed by atoms with Gasteiger partial charge in [-0.2, -0.15) is 0 Å². The summed E-state index contributed by atoms with van der Waals surface area (Å²) in [4.78, 5) is 7.44. The number of piperidine rings is 1. The van der Waals surface area contributed by atoms with E-state index in [1.165, 1.54) is 43.7 Å². The minimum absolute atomic E-state index is 0.646. The van der Waals surface area contributed by atoms with E-state index in [0.717, 1.165) is 18.6 Å². The van der Waals surface area contributed by atoms with Gasteiger partial charge in [0.15, 0.2) is 0 Å². The van der Waals surface area contributed by atoms with Gasteiger partial charge in [-0.1, -0.05) is 32.4 Å².